The number of benzene rings is 1. The molecule has 0 amide bonds. The molecular weight excluding hydrogens is 384 g/mol. The van der Waals surface area contributed by atoms with Crippen molar-refractivity contribution in [2.75, 3.05) is 5.32 Å². The summed E-state index contributed by atoms with van der Waals surface area (Å²) in [6, 6.07) is 5.78. The van der Waals surface area contributed by atoms with Gasteiger partial charge in [0, 0.05) is 9.13 Å². The summed E-state index contributed by atoms with van der Waals surface area (Å²) in [7, 11) is 0. The zero-order chi connectivity index (χ0) is 13.1. The molecule has 0 unspecified atom stereocenters. The summed E-state index contributed by atoms with van der Waals surface area (Å²) in [4.78, 5) is 8.17. The Morgan fingerprint density at radius 3 is 2.72 bits per heavy atom. The van der Waals surface area contributed by atoms with E-state index >= 15 is 0 Å². The van der Waals surface area contributed by atoms with E-state index in [1.807, 2.05) is 25.1 Å². The molecule has 94 valence electrons. The molecule has 0 bridgehead atoms. The Bertz CT molecular complexity index is 575. The van der Waals surface area contributed by atoms with Crippen LogP contribution in [0.3, 0.4) is 0 Å². The van der Waals surface area contributed by atoms with Gasteiger partial charge in [0.2, 0.25) is 0 Å². The fourth-order valence-corrected chi connectivity index (χ4v) is 2.70. The second kappa shape index (κ2) is 6.04. The third kappa shape index (κ3) is 3.05. The molecular formula is C12H10Cl2IN3. The maximum Gasteiger partial charge on any atom is 0.138 e. The van der Waals surface area contributed by atoms with Crippen LogP contribution in [0.15, 0.2) is 24.5 Å². The SMILES string of the molecule is CCc1c(Cl)ncnc1Nc1ccc(I)cc1Cl. The van der Waals surface area contributed by atoms with Gasteiger partial charge in [-0.25, -0.2) is 9.97 Å². The molecule has 0 saturated carbocycles. The van der Waals surface area contributed by atoms with E-state index in [0.717, 1.165) is 21.2 Å². The van der Waals surface area contributed by atoms with E-state index in [9.17, 15) is 0 Å². The zero-order valence-corrected chi connectivity index (χ0v) is 13.2. The van der Waals surface area contributed by atoms with E-state index in [1.54, 1.807) is 0 Å². The van der Waals surface area contributed by atoms with Crippen LogP contribution >= 0.6 is 45.8 Å². The summed E-state index contributed by atoms with van der Waals surface area (Å²) in [5.41, 5.74) is 1.69. The number of anilines is 2. The van der Waals surface area contributed by atoms with Gasteiger partial charge in [-0.3, -0.25) is 0 Å². The molecule has 0 fully saturated rings. The van der Waals surface area contributed by atoms with Gasteiger partial charge in [0.25, 0.3) is 0 Å². The third-order valence-electron chi connectivity index (χ3n) is 2.43. The van der Waals surface area contributed by atoms with Crippen molar-refractivity contribution >= 4 is 57.3 Å². The number of hydrogen-bond acceptors (Lipinski definition) is 3. The number of nitrogens with zero attached hydrogens (tertiary/aromatic N) is 2. The molecule has 18 heavy (non-hydrogen) atoms. The summed E-state index contributed by atoms with van der Waals surface area (Å²) in [6.07, 6.45) is 2.19. The highest BCUT2D eigenvalue weighted by Crippen LogP contribution is 2.29. The molecule has 3 nitrogen and oxygen atoms in total. The van der Waals surface area contributed by atoms with E-state index in [4.69, 9.17) is 23.2 Å². The van der Waals surface area contributed by atoms with Crippen LogP contribution in [0.1, 0.15) is 12.5 Å². The molecule has 0 aliphatic heterocycles. The van der Waals surface area contributed by atoms with E-state index in [2.05, 4.69) is 37.9 Å². The molecule has 0 radical (unpaired) electrons. The topological polar surface area (TPSA) is 37.8 Å². The van der Waals surface area contributed by atoms with Crippen molar-refractivity contribution in [1.82, 2.24) is 9.97 Å². The fourth-order valence-electron chi connectivity index (χ4n) is 1.53. The molecule has 1 aromatic heterocycles. The number of aromatic nitrogens is 2. The summed E-state index contributed by atoms with van der Waals surface area (Å²) >= 11 is 14.4. The van der Waals surface area contributed by atoms with Crippen molar-refractivity contribution in [1.29, 1.82) is 0 Å². The van der Waals surface area contributed by atoms with Gasteiger partial charge >= 0.3 is 0 Å². The Kier molecular flexibility index (Phi) is 4.64. The lowest BCUT2D eigenvalue weighted by molar-refractivity contribution is 1.05. The molecule has 2 aromatic rings. The molecule has 1 aromatic carbocycles. The fraction of sp³-hybridized carbons (Fsp3) is 0.167. The lowest BCUT2D eigenvalue weighted by atomic mass is 10.2. The van der Waals surface area contributed by atoms with Crippen molar-refractivity contribution < 1.29 is 0 Å². The average Bonchev–Trinajstić information content (AvgIpc) is 2.33. The second-order valence-corrected chi connectivity index (χ2v) is 5.61. The molecule has 1 heterocycles. The van der Waals surface area contributed by atoms with Gasteiger partial charge < -0.3 is 5.32 Å². The molecule has 6 heteroatoms. The number of halogens is 3. The van der Waals surface area contributed by atoms with Gasteiger partial charge in [-0.05, 0) is 47.2 Å². The monoisotopic (exact) mass is 393 g/mol. The number of nitrogens with one attached hydrogen (secondary N) is 1. The average molecular weight is 394 g/mol. The van der Waals surface area contributed by atoms with Gasteiger partial charge in [0.05, 0.1) is 10.7 Å². The van der Waals surface area contributed by atoms with Crippen molar-refractivity contribution in [3.63, 3.8) is 0 Å². The Morgan fingerprint density at radius 2 is 2.06 bits per heavy atom. The predicted octanol–water partition coefficient (Wildman–Crippen LogP) is 4.69. The smallest absolute Gasteiger partial charge is 0.138 e. The zero-order valence-electron chi connectivity index (χ0n) is 9.54. The lowest BCUT2D eigenvalue weighted by Gasteiger charge is -2.11. The van der Waals surface area contributed by atoms with Crippen molar-refractivity contribution in [2.45, 2.75) is 13.3 Å². The van der Waals surface area contributed by atoms with Crippen LogP contribution in [0.2, 0.25) is 10.2 Å². The van der Waals surface area contributed by atoms with Crippen LogP contribution in [-0.2, 0) is 6.42 Å². The Morgan fingerprint density at radius 1 is 1.28 bits per heavy atom. The Labute approximate surface area is 129 Å². The predicted molar refractivity (Wildman–Crippen MR) is 83.9 cm³/mol. The normalized spacial score (nSPS) is 10.4. The first-order valence-electron chi connectivity index (χ1n) is 5.33. The summed E-state index contributed by atoms with van der Waals surface area (Å²) in [5, 5.41) is 4.31. The highest BCUT2D eigenvalue weighted by molar-refractivity contribution is 14.1. The quantitative estimate of drug-likeness (QED) is 0.606. The molecule has 0 aliphatic rings. The van der Waals surface area contributed by atoms with Crippen LogP contribution in [-0.4, -0.2) is 9.97 Å². The van der Waals surface area contributed by atoms with Crippen molar-refractivity contribution in [2.24, 2.45) is 0 Å². The molecule has 0 saturated heterocycles. The van der Waals surface area contributed by atoms with E-state index in [1.165, 1.54) is 6.33 Å². The van der Waals surface area contributed by atoms with Gasteiger partial charge in [-0.2, -0.15) is 0 Å². The van der Waals surface area contributed by atoms with Crippen LogP contribution in [0.4, 0.5) is 11.5 Å². The van der Waals surface area contributed by atoms with Crippen LogP contribution in [0.25, 0.3) is 0 Å². The van der Waals surface area contributed by atoms with E-state index < -0.39 is 0 Å². The largest absolute Gasteiger partial charge is 0.339 e. The molecule has 0 atom stereocenters. The van der Waals surface area contributed by atoms with Gasteiger partial charge in [0.15, 0.2) is 0 Å². The van der Waals surface area contributed by atoms with Crippen LogP contribution in [0.5, 0.6) is 0 Å². The first-order valence-corrected chi connectivity index (χ1v) is 7.16. The van der Waals surface area contributed by atoms with Gasteiger partial charge in [-0.1, -0.05) is 30.1 Å². The molecule has 1 N–H and O–H groups in total. The standard InChI is InChI=1S/C12H10Cl2IN3/c1-2-8-11(14)16-6-17-12(8)18-10-4-3-7(15)5-9(10)13/h3-6H,2H2,1H3,(H,16,17,18). The molecule has 2 rings (SSSR count). The second-order valence-electron chi connectivity index (χ2n) is 3.59. The minimum atomic E-state index is 0.469. The van der Waals surface area contributed by atoms with Gasteiger partial charge in [-0.15, -0.1) is 0 Å². The minimum Gasteiger partial charge on any atom is -0.339 e. The van der Waals surface area contributed by atoms with Crippen LogP contribution < -0.4 is 5.32 Å². The summed E-state index contributed by atoms with van der Waals surface area (Å²) < 4.78 is 1.08. The number of hydrogen-bond donors (Lipinski definition) is 1. The van der Waals surface area contributed by atoms with Crippen molar-refractivity contribution in [3.05, 3.63) is 43.8 Å². The minimum absolute atomic E-state index is 0.469. The highest BCUT2D eigenvalue weighted by Gasteiger charge is 2.09. The molecule has 0 spiro atoms. The Hall–Kier alpha value is -0.590. The first kappa shape index (κ1) is 13.8. The maximum absolute atomic E-state index is 6.17. The summed E-state index contributed by atoms with van der Waals surface area (Å²) in [5.74, 6) is 0.695. The Balaban J connectivity index is 2.37. The van der Waals surface area contributed by atoms with Crippen molar-refractivity contribution in [3.8, 4) is 0 Å². The van der Waals surface area contributed by atoms with E-state index in [0.29, 0.717) is 16.0 Å². The highest BCUT2D eigenvalue weighted by atomic mass is 127. The maximum atomic E-state index is 6.17. The summed E-state index contributed by atoms with van der Waals surface area (Å²) in [6.45, 7) is 2.01. The van der Waals surface area contributed by atoms with Crippen LogP contribution in [0, 0.1) is 3.57 Å². The number of rotatable bonds is 3. The van der Waals surface area contributed by atoms with Gasteiger partial charge in [0.1, 0.15) is 17.3 Å². The van der Waals surface area contributed by atoms with E-state index in [-0.39, 0.29) is 0 Å². The molecule has 0 aliphatic carbocycles. The first-order chi connectivity index (χ1) is 8.61. The lowest BCUT2D eigenvalue weighted by Crippen LogP contribution is -2.01. The third-order valence-corrected chi connectivity index (χ3v) is 3.74.